The van der Waals surface area contributed by atoms with Crippen molar-refractivity contribution in [2.75, 3.05) is 11.9 Å². The van der Waals surface area contributed by atoms with Crippen molar-refractivity contribution < 1.29 is 32.1 Å². The summed E-state index contributed by atoms with van der Waals surface area (Å²) >= 11 is 0. The average Bonchev–Trinajstić information content (AvgIpc) is 3.16. The van der Waals surface area contributed by atoms with Crippen LogP contribution in [0, 0.1) is 17.5 Å². The summed E-state index contributed by atoms with van der Waals surface area (Å²) in [6.07, 6.45) is 5.38. The van der Waals surface area contributed by atoms with E-state index in [0.717, 1.165) is 31.7 Å². The number of aromatic nitrogens is 2. The number of nitrogens with zero attached hydrogens (tertiary/aromatic N) is 2. The number of benzene rings is 1. The lowest BCUT2D eigenvalue weighted by Gasteiger charge is -2.30. The van der Waals surface area contributed by atoms with Gasteiger partial charge in [0.15, 0.2) is 23.3 Å². The average molecular weight is 481 g/mol. The molecular formula is C22H26F3N5O4. The number of anilines is 1. The van der Waals surface area contributed by atoms with Crippen molar-refractivity contribution in [1.82, 2.24) is 20.8 Å². The minimum Gasteiger partial charge on any atom is -0.347 e. The highest BCUT2D eigenvalue weighted by molar-refractivity contribution is 5.94. The van der Waals surface area contributed by atoms with E-state index in [9.17, 15) is 27.6 Å². The third-order valence-electron chi connectivity index (χ3n) is 5.59. The van der Waals surface area contributed by atoms with Crippen LogP contribution < -0.4 is 16.0 Å². The Morgan fingerprint density at radius 1 is 1.03 bits per heavy atom. The molecule has 1 aliphatic carbocycles. The zero-order valence-corrected chi connectivity index (χ0v) is 18.7. The van der Waals surface area contributed by atoms with E-state index in [4.69, 9.17) is 4.52 Å². The van der Waals surface area contributed by atoms with Gasteiger partial charge in [0.2, 0.25) is 23.6 Å². The van der Waals surface area contributed by atoms with Gasteiger partial charge in [-0.2, -0.15) is 4.98 Å². The molecule has 3 N–H and O–H groups in total. The molecule has 3 rings (SSSR count). The predicted octanol–water partition coefficient (Wildman–Crippen LogP) is 2.86. The van der Waals surface area contributed by atoms with Gasteiger partial charge in [0, 0.05) is 19.8 Å². The Balaban J connectivity index is 1.51. The molecule has 34 heavy (non-hydrogen) atoms. The number of nitrogens with one attached hydrogen (secondary N) is 3. The van der Waals surface area contributed by atoms with E-state index in [0.29, 0.717) is 24.7 Å². The van der Waals surface area contributed by atoms with Crippen LogP contribution in [0.5, 0.6) is 0 Å². The van der Waals surface area contributed by atoms with Gasteiger partial charge in [0.1, 0.15) is 5.54 Å². The normalized spacial score (nSPS) is 15.3. The number of carbonyl (C=O) groups is 3. The molecule has 1 aliphatic rings. The van der Waals surface area contributed by atoms with Gasteiger partial charge in [0.05, 0.1) is 12.2 Å². The van der Waals surface area contributed by atoms with Crippen molar-refractivity contribution in [2.24, 2.45) is 0 Å². The van der Waals surface area contributed by atoms with Crippen molar-refractivity contribution >= 4 is 23.4 Å². The monoisotopic (exact) mass is 481 g/mol. The Morgan fingerprint density at radius 2 is 1.74 bits per heavy atom. The summed E-state index contributed by atoms with van der Waals surface area (Å²) in [6, 6.07) is 1.55. The first-order chi connectivity index (χ1) is 16.2. The van der Waals surface area contributed by atoms with Crippen LogP contribution in [0.2, 0.25) is 0 Å². The van der Waals surface area contributed by atoms with E-state index >= 15 is 0 Å². The molecule has 12 heteroatoms. The summed E-state index contributed by atoms with van der Waals surface area (Å²) in [5, 5.41) is 11.4. The van der Waals surface area contributed by atoms with Gasteiger partial charge in [-0.1, -0.05) is 30.8 Å². The molecule has 0 spiro atoms. The van der Waals surface area contributed by atoms with Crippen LogP contribution in [0.1, 0.15) is 63.6 Å². The lowest BCUT2D eigenvalue weighted by molar-refractivity contribution is -0.124. The van der Waals surface area contributed by atoms with E-state index in [1.165, 1.54) is 6.92 Å². The maximum Gasteiger partial charge on any atom is 0.243 e. The number of amides is 3. The molecule has 3 amide bonds. The molecule has 0 atom stereocenters. The summed E-state index contributed by atoms with van der Waals surface area (Å²) in [7, 11) is 0. The number of halogens is 3. The Kier molecular flexibility index (Phi) is 8.24. The first-order valence-electron chi connectivity index (χ1n) is 11.0. The largest absolute Gasteiger partial charge is 0.347 e. The Bertz CT molecular complexity index is 1050. The quantitative estimate of drug-likeness (QED) is 0.393. The van der Waals surface area contributed by atoms with Gasteiger partial charge in [-0.25, -0.2) is 13.2 Å². The summed E-state index contributed by atoms with van der Waals surface area (Å²) in [4.78, 5) is 40.1. The smallest absolute Gasteiger partial charge is 0.243 e. The summed E-state index contributed by atoms with van der Waals surface area (Å²) < 4.78 is 45.1. The molecular weight excluding hydrogens is 455 g/mol. The molecule has 184 valence electrons. The number of rotatable bonds is 8. The molecule has 1 saturated carbocycles. The van der Waals surface area contributed by atoms with Crippen LogP contribution in [-0.2, 0) is 26.3 Å². The molecule has 0 aliphatic heterocycles. The van der Waals surface area contributed by atoms with Crippen LogP contribution >= 0.6 is 0 Å². The first kappa shape index (κ1) is 25.2. The maximum atomic E-state index is 13.6. The Labute approximate surface area is 193 Å². The highest BCUT2D eigenvalue weighted by atomic mass is 19.2. The van der Waals surface area contributed by atoms with Crippen LogP contribution in [0.4, 0.5) is 18.9 Å². The molecule has 0 bridgehead atoms. The Hall–Kier alpha value is -3.44. The van der Waals surface area contributed by atoms with Crippen molar-refractivity contribution in [2.45, 2.75) is 63.8 Å². The van der Waals surface area contributed by atoms with Gasteiger partial charge in [-0.3, -0.25) is 14.4 Å². The van der Waals surface area contributed by atoms with Gasteiger partial charge in [0.25, 0.3) is 0 Å². The molecule has 1 aromatic heterocycles. The van der Waals surface area contributed by atoms with Crippen LogP contribution in [0.3, 0.4) is 0 Å². The van der Waals surface area contributed by atoms with E-state index in [1.54, 1.807) is 0 Å². The lowest BCUT2D eigenvalue weighted by Crippen LogP contribution is -2.45. The van der Waals surface area contributed by atoms with Gasteiger partial charge >= 0.3 is 0 Å². The molecule has 0 unspecified atom stereocenters. The van der Waals surface area contributed by atoms with E-state index < -0.39 is 47.0 Å². The van der Waals surface area contributed by atoms with E-state index in [-0.39, 0.29) is 24.6 Å². The number of hydrogen-bond acceptors (Lipinski definition) is 6. The summed E-state index contributed by atoms with van der Waals surface area (Å²) in [5.41, 5.74) is -1.23. The number of aryl methyl sites for hydroxylation is 1. The minimum atomic E-state index is -1.70. The second-order valence-corrected chi connectivity index (χ2v) is 8.24. The fourth-order valence-electron chi connectivity index (χ4n) is 3.93. The van der Waals surface area contributed by atoms with Gasteiger partial charge < -0.3 is 20.5 Å². The molecule has 9 nitrogen and oxygen atoms in total. The predicted molar refractivity (Wildman–Crippen MR) is 114 cm³/mol. The zero-order valence-electron chi connectivity index (χ0n) is 18.7. The molecule has 1 aromatic carbocycles. The van der Waals surface area contributed by atoms with Crippen molar-refractivity contribution in [3.8, 4) is 0 Å². The third-order valence-corrected chi connectivity index (χ3v) is 5.59. The summed E-state index contributed by atoms with van der Waals surface area (Å²) in [5.74, 6) is -5.53. The Morgan fingerprint density at radius 3 is 2.41 bits per heavy atom. The third kappa shape index (κ3) is 6.33. The van der Waals surface area contributed by atoms with Crippen molar-refractivity contribution in [1.29, 1.82) is 0 Å². The van der Waals surface area contributed by atoms with Crippen LogP contribution in [-0.4, -0.2) is 34.4 Å². The highest BCUT2D eigenvalue weighted by Crippen LogP contribution is 2.34. The highest BCUT2D eigenvalue weighted by Gasteiger charge is 2.38. The zero-order chi connectivity index (χ0) is 24.7. The minimum absolute atomic E-state index is 0.0679. The van der Waals surface area contributed by atoms with Gasteiger partial charge in [-0.05, 0) is 25.0 Å². The van der Waals surface area contributed by atoms with E-state index in [2.05, 4.69) is 26.1 Å². The second kappa shape index (κ2) is 11.1. The standard InChI is InChI=1S/C22H26F3N5O4/c1-13(31)29-22(10-4-2-3-5-11-22)21-28-18(34-30-21)9-8-16(32)26-12-17(33)27-15-7-6-14(23)19(24)20(15)25/h6-7H,2-5,8-12H2,1H3,(H,26,32)(H,27,33)(H,29,31). The van der Waals surface area contributed by atoms with E-state index in [1.807, 2.05) is 0 Å². The fourth-order valence-corrected chi connectivity index (χ4v) is 3.93. The van der Waals surface area contributed by atoms with Crippen molar-refractivity contribution in [3.63, 3.8) is 0 Å². The molecule has 1 fully saturated rings. The van der Waals surface area contributed by atoms with Crippen LogP contribution in [0.15, 0.2) is 16.7 Å². The molecule has 1 heterocycles. The van der Waals surface area contributed by atoms with Crippen LogP contribution in [0.25, 0.3) is 0 Å². The molecule has 0 saturated heterocycles. The number of carbonyl (C=O) groups excluding carboxylic acids is 3. The molecule has 2 aromatic rings. The first-order valence-corrected chi connectivity index (χ1v) is 11.0. The molecule has 0 radical (unpaired) electrons. The summed E-state index contributed by atoms with van der Waals surface area (Å²) in [6.45, 7) is 0.938. The van der Waals surface area contributed by atoms with Crippen molar-refractivity contribution in [3.05, 3.63) is 41.3 Å². The SMILES string of the molecule is CC(=O)NC1(c2noc(CCC(=O)NCC(=O)Nc3ccc(F)c(F)c3F)n2)CCCCCC1. The maximum absolute atomic E-state index is 13.6. The fraction of sp³-hybridized carbons (Fsp3) is 0.500. The topological polar surface area (TPSA) is 126 Å². The second-order valence-electron chi connectivity index (χ2n) is 8.24. The van der Waals surface area contributed by atoms with Gasteiger partial charge in [-0.15, -0.1) is 0 Å². The number of hydrogen-bond donors (Lipinski definition) is 3. The lowest BCUT2D eigenvalue weighted by atomic mass is 9.89.